The lowest BCUT2D eigenvalue weighted by Crippen LogP contribution is -2.49. The summed E-state index contributed by atoms with van der Waals surface area (Å²) in [4.78, 5) is 68.9. The van der Waals surface area contributed by atoms with Gasteiger partial charge in [-0.25, -0.2) is 9.97 Å². The highest BCUT2D eigenvalue weighted by Crippen LogP contribution is 2.36. The van der Waals surface area contributed by atoms with E-state index in [0.29, 0.717) is 87.5 Å². The Morgan fingerprint density at radius 1 is 0.696 bits per heavy atom. The Balaban J connectivity index is 0.000000201. The number of carboxylic acid groups (broad SMARTS) is 2. The lowest BCUT2D eigenvalue weighted by molar-refractivity contribution is -0.148. The van der Waals surface area contributed by atoms with Crippen LogP contribution in [-0.2, 0) is 16.1 Å². The summed E-state index contributed by atoms with van der Waals surface area (Å²) in [6.45, 7) is 10.7. The number of nitrogens with one attached hydrogen (secondary N) is 3. The number of carbonyl (C=O) groups excluding carboxylic acids is 3. The minimum absolute atomic E-state index is 0.0166. The minimum Gasteiger partial charge on any atom is -0.489 e. The van der Waals surface area contributed by atoms with E-state index in [1.54, 1.807) is 60.9 Å². The van der Waals surface area contributed by atoms with Gasteiger partial charge in [0.25, 0.3) is 11.8 Å². The molecule has 4 heterocycles. The number of amides is 2. The number of aromatic nitrogens is 2. The molecule has 0 radical (unpaired) electrons. The average Bonchev–Trinajstić information content (AvgIpc) is 3.96. The summed E-state index contributed by atoms with van der Waals surface area (Å²) in [6.07, 6.45) is 3.98. The van der Waals surface area contributed by atoms with Gasteiger partial charge in [0.15, 0.2) is 10.0 Å². The number of likely N-dealkylation sites (tertiary alicyclic amines) is 1. The van der Waals surface area contributed by atoms with E-state index in [9.17, 15) is 24.0 Å². The predicted octanol–water partition coefficient (Wildman–Crippen LogP) is 10.9. The van der Waals surface area contributed by atoms with Crippen LogP contribution in [0.3, 0.4) is 0 Å². The van der Waals surface area contributed by atoms with E-state index in [0.717, 1.165) is 26.4 Å². The van der Waals surface area contributed by atoms with Crippen molar-refractivity contribution in [3.63, 3.8) is 0 Å². The number of halogens is 4. The number of anilines is 2. The number of hydrogen-bond acceptors (Lipinski definition) is 13. The third-order valence-corrected chi connectivity index (χ3v) is 13.4. The fourth-order valence-corrected chi connectivity index (χ4v) is 8.98. The van der Waals surface area contributed by atoms with Gasteiger partial charge in [-0.15, -0.1) is 22.7 Å². The second kappa shape index (κ2) is 24.3. The fourth-order valence-electron chi connectivity index (χ4n) is 6.42. The number of carboxylic acids is 2. The van der Waals surface area contributed by atoms with Crippen molar-refractivity contribution in [1.82, 2.24) is 20.2 Å². The quantitative estimate of drug-likeness (QED) is 0.0607. The maximum Gasteiger partial charge on any atom is 0.309 e. The molecule has 2 amide bonds. The summed E-state index contributed by atoms with van der Waals surface area (Å²) in [7, 11) is 0. The Morgan fingerprint density at radius 3 is 1.55 bits per heavy atom. The van der Waals surface area contributed by atoms with Crippen LogP contribution in [0.1, 0.15) is 63.2 Å². The van der Waals surface area contributed by atoms with Crippen LogP contribution in [0.15, 0.2) is 85.2 Å². The SMILES string of the molecule is CC(C)Oc1ccc(-c2cnc(C(=O)Nc3ccc(C=O)cc3Cl)s2)cc1Cl.CC(C)Oc1ccc(-c2cnc(C(=O)Nc3ccc(CN4CC(C(=O)O)C4)cc3Cl)s2)cc1Cl.O=C(O)C1CNC1. The minimum atomic E-state index is -0.766. The van der Waals surface area contributed by atoms with Gasteiger partial charge in [-0.05, 0) is 111 Å². The molecule has 4 aromatic carbocycles. The molecule has 5 N–H and O–H groups in total. The lowest BCUT2D eigenvalue weighted by Gasteiger charge is -2.36. The Bertz CT molecular complexity index is 2830. The zero-order chi connectivity index (χ0) is 49.9. The largest absolute Gasteiger partial charge is 0.489 e. The molecule has 0 bridgehead atoms. The molecule has 0 spiro atoms. The highest BCUT2D eigenvalue weighted by Gasteiger charge is 2.32. The highest BCUT2D eigenvalue weighted by molar-refractivity contribution is 7.17. The van der Waals surface area contributed by atoms with E-state index in [1.165, 1.54) is 28.7 Å². The molecule has 2 fully saturated rings. The number of ether oxygens (including phenoxy) is 2. The van der Waals surface area contributed by atoms with Crippen molar-refractivity contribution in [1.29, 1.82) is 0 Å². The smallest absolute Gasteiger partial charge is 0.309 e. The first-order valence-electron chi connectivity index (χ1n) is 21.3. The summed E-state index contributed by atoms with van der Waals surface area (Å²) in [6, 6.07) is 20.9. The summed E-state index contributed by atoms with van der Waals surface area (Å²) in [5, 5.41) is 27.8. The monoisotopic (exact) mass is 1050 g/mol. The number of hydrogen-bond donors (Lipinski definition) is 5. The van der Waals surface area contributed by atoms with E-state index < -0.39 is 11.9 Å². The lowest BCUT2D eigenvalue weighted by atomic mass is 9.99. The summed E-state index contributed by atoms with van der Waals surface area (Å²) in [5.41, 5.74) is 3.96. The standard InChI is InChI=1S/C24H23Cl2N3O4S.C20H16Cl2N2O3S.C4H7NO2/c1-13(2)33-20-6-4-15(8-18(20)26)21-9-27-23(34-21)22(30)28-19-5-3-14(7-17(19)25)10-29-11-16(12-29)24(31)32;1-11(2)27-17-6-4-13(8-15(17)22)18-9-23-20(28-18)19(26)24-16-5-3-12(10-25)7-14(16)21;6-4(7)3-1-5-2-3/h3-9,13,16H,10-12H2,1-2H3,(H,28,30)(H,31,32);3-11H,1-2H3,(H,24,26);3,5H,1-2H2,(H,6,7). The molecule has 69 heavy (non-hydrogen) atoms. The van der Waals surface area contributed by atoms with Crippen molar-refractivity contribution in [3.05, 3.63) is 126 Å². The topological polar surface area (TPSA) is 209 Å². The van der Waals surface area contributed by atoms with Gasteiger partial charge < -0.3 is 35.6 Å². The third kappa shape index (κ3) is 14.7. The Kier molecular flexibility index (Phi) is 18.6. The number of aliphatic carboxylic acids is 2. The molecule has 2 aromatic heterocycles. The van der Waals surface area contributed by atoms with Crippen molar-refractivity contribution in [3.8, 4) is 32.4 Å². The molecule has 8 rings (SSSR count). The third-order valence-electron chi connectivity index (χ3n) is 10.1. The number of aldehydes is 1. The van der Waals surface area contributed by atoms with Gasteiger partial charge in [0, 0.05) is 50.7 Å². The van der Waals surface area contributed by atoms with Gasteiger partial charge in [-0.2, -0.15) is 0 Å². The first-order valence-corrected chi connectivity index (χ1v) is 24.4. The Labute approximate surface area is 425 Å². The summed E-state index contributed by atoms with van der Waals surface area (Å²) >= 11 is 27.6. The van der Waals surface area contributed by atoms with Gasteiger partial charge in [0.2, 0.25) is 0 Å². The van der Waals surface area contributed by atoms with Crippen LogP contribution < -0.4 is 25.4 Å². The van der Waals surface area contributed by atoms with Crippen molar-refractivity contribution in [2.24, 2.45) is 11.8 Å². The average molecular weight is 1060 g/mol. The molecular formula is C48H46Cl4N6O9S2. The van der Waals surface area contributed by atoms with Crippen LogP contribution in [0.2, 0.25) is 20.1 Å². The molecule has 2 aliphatic rings. The zero-order valence-electron chi connectivity index (χ0n) is 37.4. The van der Waals surface area contributed by atoms with Crippen LogP contribution in [0.4, 0.5) is 11.4 Å². The van der Waals surface area contributed by atoms with E-state index in [2.05, 4.69) is 25.9 Å². The first-order chi connectivity index (χ1) is 32.9. The Hall–Kier alpha value is -5.63. The van der Waals surface area contributed by atoms with Crippen LogP contribution in [0, 0.1) is 11.8 Å². The normalized spacial score (nSPS) is 13.5. The van der Waals surface area contributed by atoms with E-state index >= 15 is 0 Å². The number of carbonyl (C=O) groups is 5. The van der Waals surface area contributed by atoms with Gasteiger partial charge >= 0.3 is 11.9 Å². The summed E-state index contributed by atoms with van der Waals surface area (Å²) < 4.78 is 11.3. The van der Waals surface area contributed by atoms with Gasteiger partial charge in [-0.1, -0.05) is 52.5 Å². The van der Waals surface area contributed by atoms with E-state index in [4.69, 9.17) is 66.1 Å². The maximum atomic E-state index is 12.7. The van der Waals surface area contributed by atoms with Crippen LogP contribution >= 0.6 is 69.1 Å². The molecule has 0 atom stereocenters. The second-order valence-corrected chi connectivity index (χ2v) is 19.9. The maximum absolute atomic E-state index is 12.7. The second-order valence-electron chi connectivity index (χ2n) is 16.2. The fraction of sp³-hybridized carbons (Fsp3) is 0.271. The summed E-state index contributed by atoms with van der Waals surface area (Å²) in [5.74, 6) is -1.39. The van der Waals surface area contributed by atoms with Gasteiger partial charge in [0.05, 0.1) is 65.3 Å². The van der Waals surface area contributed by atoms with Crippen LogP contribution in [0.25, 0.3) is 20.9 Å². The van der Waals surface area contributed by atoms with Crippen molar-refractivity contribution in [2.75, 3.05) is 36.8 Å². The number of thiazole rings is 2. The molecule has 362 valence electrons. The van der Waals surface area contributed by atoms with Crippen LogP contribution in [0.5, 0.6) is 11.5 Å². The highest BCUT2D eigenvalue weighted by atomic mass is 35.5. The molecule has 21 heteroatoms. The molecule has 0 unspecified atom stereocenters. The number of nitrogens with zero attached hydrogens (tertiary/aromatic N) is 3. The van der Waals surface area contributed by atoms with Crippen molar-refractivity contribution >= 4 is 110 Å². The molecule has 15 nitrogen and oxygen atoms in total. The van der Waals surface area contributed by atoms with Crippen LogP contribution in [-0.4, -0.2) is 93.5 Å². The zero-order valence-corrected chi connectivity index (χ0v) is 42.1. The number of benzene rings is 4. The predicted molar refractivity (Wildman–Crippen MR) is 271 cm³/mol. The van der Waals surface area contributed by atoms with Gasteiger partial charge in [0.1, 0.15) is 17.8 Å². The first kappa shape index (κ1) is 52.7. The molecule has 2 saturated heterocycles. The van der Waals surface area contributed by atoms with Crippen molar-refractivity contribution < 1.29 is 43.7 Å². The van der Waals surface area contributed by atoms with E-state index in [-0.39, 0.29) is 45.9 Å². The van der Waals surface area contributed by atoms with E-state index in [1.807, 2.05) is 50.8 Å². The molecular weight excluding hydrogens is 1010 g/mol. The molecule has 0 saturated carbocycles. The molecule has 6 aromatic rings. The van der Waals surface area contributed by atoms with Gasteiger partial charge in [-0.3, -0.25) is 28.9 Å². The molecule has 2 aliphatic heterocycles. The number of rotatable bonds is 15. The molecule has 0 aliphatic carbocycles. The van der Waals surface area contributed by atoms with Crippen molar-refractivity contribution in [2.45, 2.75) is 46.4 Å². The Morgan fingerprint density at radius 2 is 1.17 bits per heavy atom.